The second-order valence-corrected chi connectivity index (χ2v) is 6.26. The number of nitrogens with one attached hydrogen (secondary N) is 1. The van der Waals surface area contributed by atoms with Crippen LogP contribution in [-0.4, -0.2) is 34.6 Å². The Kier molecular flexibility index (Phi) is 3.54. The van der Waals surface area contributed by atoms with E-state index in [1.165, 1.54) is 5.56 Å². The Balaban J connectivity index is 1.65. The highest BCUT2D eigenvalue weighted by molar-refractivity contribution is 5.79. The Morgan fingerprint density at radius 1 is 1.30 bits per heavy atom. The lowest BCUT2D eigenvalue weighted by Crippen LogP contribution is -2.42. The van der Waals surface area contributed by atoms with Crippen molar-refractivity contribution in [3.05, 3.63) is 17.0 Å². The van der Waals surface area contributed by atoms with Crippen molar-refractivity contribution in [3.8, 4) is 0 Å². The van der Waals surface area contributed by atoms with E-state index in [0.29, 0.717) is 6.42 Å². The molecular formula is C15H23N3O2. The molecule has 110 valence electrons. The van der Waals surface area contributed by atoms with E-state index in [1.54, 1.807) is 0 Å². The molecule has 0 radical (unpaired) electrons. The first kappa shape index (κ1) is 13.6. The van der Waals surface area contributed by atoms with Crippen LogP contribution in [0, 0.1) is 13.8 Å². The van der Waals surface area contributed by atoms with E-state index >= 15 is 0 Å². The number of hydrogen-bond acceptors (Lipinski definition) is 4. The molecule has 5 heteroatoms. The second-order valence-electron chi connectivity index (χ2n) is 6.26. The van der Waals surface area contributed by atoms with Gasteiger partial charge in [-0.1, -0.05) is 5.16 Å². The van der Waals surface area contributed by atoms with Crippen LogP contribution in [0.3, 0.4) is 0 Å². The van der Waals surface area contributed by atoms with Crippen molar-refractivity contribution in [2.45, 2.75) is 58.0 Å². The van der Waals surface area contributed by atoms with Crippen molar-refractivity contribution in [1.82, 2.24) is 15.4 Å². The minimum absolute atomic E-state index is 0.0740. The zero-order valence-electron chi connectivity index (χ0n) is 12.4. The molecule has 1 atom stereocenters. The van der Waals surface area contributed by atoms with E-state index in [9.17, 15) is 4.79 Å². The number of hydrogen-bond donors (Lipinski definition) is 1. The van der Waals surface area contributed by atoms with Crippen LogP contribution in [0.25, 0.3) is 0 Å². The number of aromatic nitrogens is 1. The quantitative estimate of drug-likeness (QED) is 0.897. The normalized spacial score (nSPS) is 27.8. The smallest absolute Gasteiger partial charge is 0.220 e. The maximum Gasteiger partial charge on any atom is 0.220 e. The van der Waals surface area contributed by atoms with Gasteiger partial charge in [-0.2, -0.15) is 0 Å². The maximum atomic E-state index is 11.5. The number of carbonyl (C=O) groups excluding carboxylic acids is 1. The molecular weight excluding hydrogens is 254 g/mol. The van der Waals surface area contributed by atoms with Crippen LogP contribution in [0.4, 0.5) is 0 Å². The molecule has 0 aromatic carbocycles. The zero-order valence-corrected chi connectivity index (χ0v) is 12.4. The Bertz CT molecular complexity index is 492. The van der Waals surface area contributed by atoms with Crippen LogP contribution in [0.5, 0.6) is 0 Å². The Morgan fingerprint density at radius 3 is 2.80 bits per heavy atom. The minimum Gasteiger partial charge on any atom is -0.361 e. The van der Waals surface area contributed by atoms with Crippen molar-refractivity contribution in [2.75, 3.05) is 13.1 Å². The lowest BCUT2D eigenvalue weighted by molar-refractivity contribution is -0.119. The van der Waals surface area contributed by atoms with Gasteiger partial charge >= 0.3 is 0 Å². The summed E-state index contributed by atoms with van der Waals surface area (Å²) < 4.78 is 5.24. The van der Waals surface area contributed by atoms with Crippen LogP contribution in [0.1, 0.15) is 49.1 Å². The van der Waals surface area contributed by atoms with E-state index in [-0.39, 0.29) is 11.4 Å². The van der Waals surface area contributed by atoms with E-state index < -0.39 is 0 Å². The number of likely N-dealkylation sites (tertiary alicyclic amines) is 1. The predicted molar refractivity (Wildman–Crippen MR) is 75.2 cm³/mol. The summed E-state index contributed by atoms with van der Waals surface area (Å²) in [7, 11) is 0. The lowest BCUT2D eigenvalue weighted by atomic mass is 9.89. The molecule has 3 rings (SSSR count). The van der Waals surface area contributed by atoms with Crippen molar-refractivity contribution in [1.29, 1.82) is 0 Å². The van der Waals surface area contributed by atoms with Gasteiger partial charge in [0.25, 0.3) is 0 Å². The molecule has 0 saturated carbocycles. The predicted octanol–water partition coefficient (Wildman–Crippen LogP) is 1.93. The molecule has 1 amide bonds. The standard InChI is InChI=1S/C15H23N3O2/c1-11-13(12(2)20-17-11)10-18-8-3-5-15(7-9-18)6-4-14(19)16-15/h3-10H2,1-2H3,(H,16,19)/t15-/m0/s1. The molecule has 0 unspecified atom stereocenters. The molecule has 1 aromatic heterocycles. The first-order chi connectivity index (χ1) is 9.58. The summed E-state index contributed by atoms with van der Waals surface area (Å²) >= 11 is 0. The topological polar surface area (TPSA) is 58.4 Å². The summed E-state index contributed by atoms with van der Waals surface area (Å²) in [5.41, 5.74) is 2.29. The average Bonchev–Trinajstić information content (AvgIpc) is 2.85. The van der Waals surface area contributed by atoms with E-state index in [1.807, 2.05) is 13.8 Å². The first-order valence-electron chi connectivity index (χ1n) is 7.53. The molecule has 0 bridgehead atoms. The molecule has 5 nitrogen and oxygen atoms in total. The molecule has 2 aliphatic heterocycles. The average molecular weight is 277 g/mol. The summed E-state index contributed by atoms with van der Waals surface area (Å²) in [6.45, 7) is 7.01. The van der Waals surface area contributed by atoms with E-state index in [2.05, 4.69) is 15.4 Å². The zero-order chi connectivity index (χ0) is 14.2. The highest BCUT2D eigenvalue weighted by Crippen LogP contribution is 2.32. The van der Waals surface area contributed by atoms with Crippen LogP contribution < -0.4 is 5.32 Å². The number of nitrogens with zero attached hydrogens (tertiary/aromatic N) is 2. The lowest BCUT2D eigenvalue weighted by Gasteiger charge is -2.27. The number of rotatable bonds is 2. The third-order valence-electron chi connectivity index (χ3n) is 4.83. The maximum absolute atomic E-state index is 11.5. The summed E-state index contributed by atoms with van der Waals surface area (Å²) in [5.74, 6) is 1.15. The minimum atomic E-state index is 0.0740. The highest BCUT2D eigenvalue weighted by Gasteiger charge is 2.38. The fourth-order valence-corrected chi connectivity index (χ4v) is 3.51. The fraction of sp³-hybridized carbons (Fsp3) is 0.733. The van der Waals surface area contributed by atoms with Crippen LogP contribution >= 0.6 is 0 Å². The molecule has 2 aliphatic rings. The van der Waals surface area contributed by atoms with Crippen molar-refractivity contribution < 1.29 is 9.32 Å². The van der Waals surface area contributed by atoms with Crippen LogP contribution in [0.15, 0.2) is 4.52 Å². The first-order valence-corrected chi connectivity index (χ1v) is 7.53. The third kappa shape index (κ3) is 2.59. The molecule has 20 heavy (non-hydrogen) atoms. The molecule has 0 aliphatic carbocycles. The molecule has 1 N–H and O–H groups in total. The Labute approximate surface area is 119 Å². The number of aryl methyl sites for hydroxylation is 2. The van der Waals surface area contributed by atoms with E-state index in [0.717, 1.165) is 56.8 Å². The van der Waals surface area contributed by atoms with Gasteiger partial charge in [-0.3, -0.25) is 9.69 Å². The van der Waals surface area contributed by atoms with Gasteiger partial charge in [0.15, 0.2) is 0 Å². The largest absolute Gasteiger partial charge is 0.361 e. The van der Waals surface area contributed by atoms with Gasteiger partial charge in [0, 0.05) is 30.6 Å². The van der Waals surface area contributed by atoms with Gasteiger partial charge in [-0.05, 0) is 46.1 Å². The Morgan fingerprint density at radius 2 is 2.15 bits per heavy atom. The van der Waals surface area contributed by atoms with Gasteiger partial charge in [0.2, 0.25) is 5.91 Å². The van der Waals surface area contributed by atoms with E-state index in [4.69, 9.17) is 4.52 Å². The van der Waals surface area contributed by atoms with Crippen LogP contribution in [0.2, 0.25) is 0 Å². The van der Waals surface area contributed by atoms with Crippen molar-refractivity contribution in [3.63, 3.8) is 0 Å². The molecule has 1 aromatic rings. The molecule has 2 saturated heterocycles. The van der Waals surface area contributed by atoms with Gasteiger partial charge < -0.3 is 9.84 Å². The third-order valence-corrected chi connectivity index (χ3v) is 4.83. The molecule has 3 heterocycles. The SMILES string of the molecule is Cc1noc(C)c1CN1CCC[C@]2(CCC(=O)N2)CC1. The van der Waals surface area contributed by atoms with Crippen LogP contribution in [-0.2, 0) is 11.3 Å². The molecule has 2 fully saturated rings. The van der Waals surface area contributed by atoms with Crippen molar-refractivity contribution >= 4 is 5.91 Å². The highest BCUT2D eigenvalue weighted by atomic mass is 16.5. The van der Waals surface area contributed by atoms with Crippen molar-refractivity contribution in [2.24, 2.45) is 0 Å². The summed E-state index contributed by atoms with van der Waals surface area (Å²) in [5, 5.41) is 7.24. The molecule has 1 spiro atoms. The number of carbonyl (C=O) groups is 1. The summed E-state index contributed by atoms with van der Waals surface area (Å²) in [4.78, 5) is 14.0. The fourth-order valence-electron chi connectivity index (χ4n) is 3.51. The van der Waals surface area contributed by atoms with Gasteiger partial charge in [-0.15, -0.1) is 0 Å². The summed E-state index contributed by atoms with van der Waals surface area (Å²) in [6.07, 6.45) is 5.01. The second kappa shape index (κ2) is 5.20. The van der Waals surface area contributed by atoms with Gasteiger partial charge in [-0.25, -0.2) is 0 Å². The summed E-state index contributed by atoms with van der Waals surface area (Å²) in [6, 6.07) is 0. The monoisotopic (exact) mass is 277 g/mol. The van der Waals surface area contributed by atoms with Gasteiger partial charge in [0.05, 0.1) is 5.69 Å². The van der Waals surface area contributed by atoms with Gasteiger partial charge in [0.1, 0.15) is 5.76 Å². The number of amides is 1. The Hall–Kier alpha value is -1.36.